The van der Waals surface area contributed by atoms with Gasteiger partial charge in [0.05, 0.1) is 17.7 Å². The van der Waals surface area contributed by atoms with E-state index in [-0.39, 0.29) is 5.91 Å². The van der Waals surface area contributed by atoms with Gasteiger partial charge in [-0.25, -0.2) is 15.3 Å². The summed E-state index contributed by atoms with van der Waals surface area (Å²) in [5, 5.41) is 11.9. The van der Waals surface area contributed by atoms with Crippen molar-refractivity contribution in [3.63, 3.8) is 0 Å². The number of hydrogen-bond donors (Lipinski definition) is 4. The van der Waals surface area contributed by atoms with Crippen molar-refractivity contribution in [2.45, 2.75) is 18.9 Å². The summed E-state index contributed by atoms with van der Waals surface area (Å²) in [6, 6.07) is 17.1. The van der Waals surface area contributed by atoms with Crippen LogP contribution in [0.2, 0.25) is 5.02 Å². The largest absolute Gasteiger partial charge is 0.465 e. The SMILES string of the molecule is COC(=O)c1ccc(C(=O)N[C@@H](Cc2ccccc2)C(=O)NCCc2cc(Cl)ccc2N2C=NNN2)s1. The molecule has 2 aromatic carbocycles. The van der Waals surface area contributed by atoms with Crippen molar-refractivity contribution in [1.82, 2.24) is 21.7 Å². The molecular weight excluding hydrogens is 516 g/mol. The van der Waals surface area contributed by atoms with E-state index in [9.17, 15) is 14.4 Å². The maximum atomic E-state index is 13.2. The van der Waals surface area contributed by atoms with Gasteiger partial charge in [0.1, 0.15) is 17.3 Å². The second-order valence-electron chi connectivity index (χ2n) is 8.02. The molecule has 3 aromatic rings. The molecule has 0 saturated carbocycles. The van der Waals surface area contributed by atoms with Crippen LogP contribution in [-0.4, -0.2) is 43.8 Å². The number of rotatable bonds is 10. The summed E-state index contributed by atoms with van der Waals surface area (Å²) < 4.78 is 4.71. The number of carbonyl (C=O) groups excluding carboxylic acids is 3. The number of benzene rings is 2. The zero-order chi connectivity index (χ0) is 26.2. The van der Waals surface area contributed by atoms with Gasteiger partial charge in [-0.2, -0.15) is 5.10 Å². The average Bonchev–Trinajstić information content (AvgIpc) is 3.61. The molecule has 0 unspecified atom stereocenters. The number of hydrogen-bond acceptors (Lipinski definition) is 9. The van der Waals surface area contributed by atoms with Gasteiger partial charge in [-0.05, 0) is 47.9 Å². The number of thiophene rings is 1. The van der Waals surface area contributed by atoms with Gasteiger partial charge in [-0.15, -0.1) is 16.9 Å². The second-order valence-corrected chi connectivity index (χ2v) is 9.54. The molecule has 0 saturated heterocycles. The molecule has 1 atom stereocenters. The van der Waals surface area contributed by atoms with Crippen LogP contribution in [0.15, 0.2) is 65.8 Å². The van der Waals surface area contributed by atoms with Crippen molar-refractivity contribution in [3.8, 4) is 0 Å². The van der Waals surface area contributed by atoms with Crippen LogP contribution in [0.5, 0.6) is 0 Å². The van der Waals surface area contributed by atoms with E-state index in [0.29, 0.717) is 34.2 Å². The van der Waals surface area contributed by atoms with Crippen LogP contribution >= 0.6 is 22.9 Å². The van der Waals surface area contributed by atoms with E-state index in [2.05, 4.69) is 26.8 Å². The predicted molar refractivity (Wildman–Crippen MR) is 142 cm³/mol. The van der Waals surface area contributed by atoms with E-state index in [1.54, 1.807) is 17.4 Å². The van der Waals surface area contributed by atoms with E-state index in [0.717, 1.165) is 28.2 Å². The summed E-state index contributed by atoms with van der Waals surface area (Å²) in [5.74, 6) is -1.29. The number of nitrogens with zero attached hydrogens (tertiary/aromatic N) is 2. The molecule has 1 aliphatic rings. The molecule has 1 aromatic heterocycles. The Kier molecular flexibility index (Phi) is 8.72. The molecule has 2 heterocycles. The number of esters is 1. The van der Waals surface area contributed by atoms with Crippen LogP contribution < -0.4 is 26.7 Å². The Morgan fingerprint density at radius 2 is 1.89 bits per heavy atom. The third-order valence-corrected chi connectivity index (χ3v) is 6.82. The number of anilines is 1. The first kappa shape index (κ1) is 26.1. The first-order chi connectivity index (χ1) is 17.9. The first-order valence-electron chi connectivity index (χ1n) is 11.4. The third kappa shape index (κ3) is 6.85. The van der Waals surface area contributed by atoms with Crippen LogP contribution in [0.3, 0.4) is 0 Å². The van der Waals surface area contributed by atoms with Gasteiger partial charge in [-0.1, -0.05) is 41.9 Å². The van der Waals surface area contributed by atoms with Crippen LogP contribution in [0.4, 0.5) is 5.69 Å². The number of carbonyl (C=O) groups is 3. The smallest absolute Gasteiger partial charge is 0.348 e. The number of hydrazine groups is 2. The predicted octanol–water partition coefficient (Wildman–Crippen LogP) is 2.66. The van der Waals surface area contributed by atoms with Crippen molar-refractivity contribution in [2.24, 2.45) is 5.10 Å². The topological polar surface area (TPSA) is 124 Å². The highest BCUT2D eigenvalue weighted by Gasteiger charge is 2.23. The molecule has 2 amide bonds. The normalized spacial score (nSPS) is 13.1. The molecule has 10 nitrogen and oxygen atoms in total. The standard InChI is InChI=1S/C25H25ClN6O4S/c1-36-25(35)22-10-9-21(37-22)24(34)29-19(13-16-5-3-2-4-6-16)23(33)27-12-11-17-14-18(26)7-8-20(17)32-15-28-30-31-32/h2-10,14-15,19,30-31H,11-13H2,1H3,(H,27,33)(H,29,34)/t19-/m0/s1. The van der Waals surface area contributed by atoms with Gasteiger partial charge >= 0.3 is 5.97 Å². The molecule has 0 spiro atoms. The van der Waals surface area contributed by atoms with E-state index < -0.39 is 17.9 Å². The van der Waals surface area contributed by atoms with Crippen molar-refractivity contribution >= 4 is 52.7 Å². The van der Waals surface area contributed by atoms with Crippen LogP contribution in [0.25, 0.3) is 0 Å². The van der Waals surface area contributed by atoms with Gasteiger partial charge in [0.2, 0.25) is 5.91 Å². The molecular formula is C25H25ClN6O4S. The van der Waals surface area contributed by atoms with E-state index in [1.165, 1.54) is 19.2 Å². The number of amides is 2. The van der Waals surface area contributed by atoms with Crippen molar-refractivity contribution in [1.29, 1.82) is 0 Å². The summed E-state index contributed by atoms with van der Waals surface area (Å²) in [6.45, 7) is 0.317. The molecule has 1 aliphatic heterocycles. The lowest BCUT2D eigenvalue weighted by Gasteiger charge is -2.20. The molecule has 0 radical (unpaired) electrons. The monoisotopic (exact) mass is 540 g/mol. The number of nitrogens with one attached hydrogen (secondary N) is 4. The number of hydrazone groups is 1. The van der Waals surface area contributed by atoms with Gasteiger partial charge in [0.15, 0.2) is 0 Å². The maximum absolute atomic E-state index is 13.2. The molecule has 4 rings (SSSR count). The van der Waals surface area contributed by atoms with E-state index >= 15 is 0 Å². The van der Waals surface area contributed by atoms with E-state index in [4.69, 9.17) is 16.3 Å². The van der Waals surface area contributed by atoms with Crippen LogP contribution in [-0.2, 0) is 22.4 Å². The van der Waals surface area contributed by atoms with Crippen LogP contribution in [0.1, 0.15) is 30.5 Å². The lowest BCUT2D eigenvalue weighted by molar-refractivity contribution is -0.122. The van der Waals surface area contributed by atoms with Gasteiger partial charge in [0.25, 0.3) is 5.91 Å². The van der Waals surface area contributed by atoms with Crippen LogP contribution in [0, 0.1) is 0 Å². The summed E-state index contributed by atoms with van der Waals surface area (Å²) in [7, 11) is 1.28. The fraction of sp³-hybridized carbons (Fsp3) is 0.200. The molecule has 0 bridgehead atoms. The Labute approximate surface area is 222 Å². The number of ether oxygens (including phenoxy) is 1. The lowest BCUT2D eigenvalue weighted by Crippen LogP contribution is -2.48. The fourth-order valence-corrected chi connectivity index (χ4v) is 4.73. The summed E-state index contributed by atoms with van der Waals surface area (Å²) in [4.78, 5) is 38.5. The third-order valence-electron chi connectivity index (χ3n) is 5.52. The van der Waals surface area contributed by atoms with Crippen molar-refractivity contribution < 1.29 is 19.1 Å². The Bertz CT molecular complexity index is 1300. The Morgan fingerprint density at radius 3 is 2.62 bits per heavy atom. The maximum Gasteiger partial charge on any atom is 0.348 e. The Balaban J connectivity index is 1.43. The quantitative estimate of drug-likeness (QED) is 0.291. The number of halogens is 1. The molecule has 12 heteroatoms. The lowest BCUT2D eigenvalue weighted by atomic mass is 10.0. The molecule has 4 N–H and O–H groups in total. The Morgan fingerprint density at radius 1 is 1.11 bits per heavy atom. The molecule has 0 fully saturated rings. The molecule has 37 heavy (non-hydrogen) atoms. The summed E-state index contributed by atoms with van der Waals surface area (Å²) in [6.07, 6.45) is 2.38. The highest BCUT2D eigenvalue weighted by atomic mass is 35.5. The van der Waals surface area contributed by atoms with Crippen molar-refractivity contribution in [3.05, 3.63) is 86.6 Å². The minimum atomic E-state index is -0.825. The molecule has 0 aliphatic carbocycles. The minimum absolute atomic E-state index is 0.301. The molecule has 192 valence electrons. The zero-order valence-corrected chi connectivity index (χ0v) is 21.4. The second kappa shape index (κ2) is 12.3. The first-order valence-corrected chi connectivity index (χ1v) is 12.6. The number of methoxy groups -OCH3 is 1. The highest BCUT2D eigenvalue weighted by Crippen LogP contribution is 2.24. The average molecular weight is 541 g/mol. The van der Waals surface area contributed by atoms with Gasteiger partial charge < -0.3 is 15.4 Å². The summed E-state index contributed by atoms with van der Waals surface area (Å²) in [5.41, 5.74) is 8.15. The fourth-order valence-electron chi connectivity index (χ4n) is 3.71. The summed E-state index contributed by atoms with van der Waals surface area (Å²) >= 11 is 7.21. The minimum Gasteiger partial charge on any atom is -0.465 e. The van der Waals surface area contributed by atoms with Gasteiger partial charge in [-0.3, -0.25) is 9.59 Å². The van der Waals surface area contributed by atoms with Gasteiger partial charge in [0, 0.05) is 18.0 Å². The van der Waals surface area contributed by atoms with E-state index in [1.807, 2.05) is 42.5 Å². The highest BCUT2D eigenvalue weighted by molar-refractivity contribution is 7.15. The van der Waals surface area contributed by atoms with Crippen molar-refractivity contribution in [2.75, 3.05) is 18.7 Å². The zero-order valence-electron chi connectivity index (χ0n) is 19.9. The Hall–Kier alpha value is -3.93.